The van der Waals surface area contributed by atoms with Gasteiger partial charge in [-0.15, -0.1) is 0 Å². The van der Waals surface area contributed by atoms with Crippen molar-refractivity contribution in [1.82, 2.24) is 9.78 Å². The minimum absolute atomic E-state index is 0.222. The van der Waals surface area contributed by atoms with Gasteiger partial charge in [0, 0.05) is 18.1 Å². The Hall–Kier alpha value is -3.77. The molecular formula is C28H28ClN3O3. The Kier molecular flexibility index (Phi) is 7.73. The first-order chi connectivity index (χ1) is 17.0. The second kappa shape index (κ2) is 11.1. The van der Waals surface area contributed by atoms with E-state index in [0.29, 0.717) is 22.1 Å². The van der Waals surface area contributed by atoms with Crippen LogP contribution in [0.2, 0.25) is 5.02 Å². The Morgan fingerprint density at radius 3 is 2.03 bits per heavy atom. The lowest BCUT2D eigenvalue weighted by molar-refractivity contribution is 0.466. The van der Waals surface area contributed by atoms with Crippen LogP contribution in [0.1, 0.15) is 26.7 Å². The van der Waals surface area contributed by atoms with Crippen molar-refractivity contribution in [2.24, 2.45) is 0 Å². The van der Waals surface area contributed by atoms with Crippen LogP contribution in [0, 0.1) is 0 Å². The van der Waals surface area contributed by atoms with E-state index in [0.717, 1.165) is 37.1 Å². The van der Waals surface area contributed by atoms with Crippen molar-refractivity contribution < 1.29 is 9.84 Å². The summed E-state index contributed by atoms with van der Waals surface area (Å²) in [5.74, 6) is 1.00. The van der Waals surface area contributed by atoms with Crippen LogP contribution < -0.4 is 15.2 Å². The molecule has 6 nitrogen and oxygen atoms in total. The van der Waals surface area contributed by atoms with E-state index in [1.165, 1.54) is 4.68 Å². The number of rotatable bonds is 9. The molecule has 0 aliphatic rings. The van der Waals surface area contributed by atoms with Gasteiger partial charge >= 0.3 is 5.56 Å². The van der Waals surface area contributed by atoms with E-state index in [2.05, 4.69) is 23.8 Å². The number of anilines is 1. The number of phenolic OH excluding ortho intramolecular Hbond substituents is 1. The summed E-state index contributed by atoms with van der Waals surface area (Å²) in [7, 11) is 0. The van der Waals surface area contributed by atoms with Crippen LogP contribution >= 0.6 is 11.6 Å². The number of hydrogen-bond donors (Lipinski definition) is 1. The molecule has 0 saturated carbocycles. The maximum Gasteiger partial charge on any atom is 0.316 e. The van der Waals surface area contributed by atoms with Crippen molar-refractivity contribution >= 4 is 17.3 Å². The summed E-state index contributed by atoms with van der Waals surface area (Å²) in [6, 6.07) is 21.5. The average molecular weight is 490 g/mol. The molecule has 3 aromatic carbocycles. The highest BCUT2D eigenvalue weighted by atomic mass is 35.5. The van der Waals surface area contributed by atoms with Gasteiger partial charge in [0.2, 0.25) is 5.75 Å². The second-order valence-corrected chi connectivity index (χ2v) is 8.65. The quantitative estimate of drug-likeness (QED) is 0.284. The van der Waals surface area contributed by atoms with E-state index in [1.807, 2.05) is 36.4 Å². The largest absolute Gasteiger partial charge is 0.508 e. The molecule has 35 heavy (non-hydrogen) atoms. The third-order valence-corrected chi connectivity index (χ3v) is 5.84. The van der Waals surface area contributed by atoms with E-state index < -0.39 is 0 Å². The molecule has 1 heterocycles. The van der Waals surface area contributed by atoms with Crippen molar-refractivity contribution in [3.05, 3.63) is 94.4 Å². The zero-order valence-electron chi connectivity index (χ0n) is 19.8. The molecule has 0 fully saturated rings. The summed E-state index contributed by atoms with van der Waals surface area (Å²) in [6.45, 7) is 5.79. The van der Waals surface area contributed by atoms with E-state index in [4.69, 9.17) is 16.3 Å². The molecule has 4 aromatic rings. The molecule has 0 aliphatic carbocycles. The summed E-state index contributed by atoms with van der Waals surface area (Å²) in [6.07, 6.45) is 3.56. The Morgan fingerprint density at radius 2 is 1.46 bits per heavy atom. The van der Waals surface area contributed by atoms with Gasteiger partial charge in [0.15, 0.2) is 0 Å². The zero-order chi connectivity index (χ0) is 24.8. The summed E-state index contributed by atoms with van der Waals surface area (Å²) in [5.41, 5.74) is 2.89. The molecule has 1 N–H and O–H groups in total. The van der Waals surface area contributed by atoms with Gasteiger partial charge in [-0.1, -0.05) is 49.7 Å². The number of nitrogens with zero attached hydrogens (tertiary/aromatic N) is 3. The number of aromatic nitrogens is 2. The van der Waals surface area contributed by atoms with Crippen LogP contribution in [-0.4, -0.2) is 28.0 Å². The van der Waals surface area contributed by atoms with E-state index in [9.17, 15) is 9.90 Å². The predicted molar refractivity (Wildman–Crippen MR) is 141 cm³/mol. The fraction of sp³-hybridized carbons (Fsp3) is 0.214. The van der Waals surface area contributed by atoms with Gasteiger partial charge in [-0.3, -0.25) is 4.79 Å². The van der Waals surface area contributed by atoms with Crippen LogP contribution in [0.4, 0.5) is 5.69 Å². The van der Waals surface area contributed by atoms with Crippen LogP contribution in [0.3, 0.4) is 0 Å². The summed E-state index contributed by atoms with van der Waals surface area (Å²) < 4.78 is 7.56. The third kappa shape index (κ3) is 5.66. The van der Waals surface area contributed by atoms with Gasteiger partial charge in [0.05, 0.1) is 11.9 Å². The molecule has 180 valence electrons. The van der Waals surface area contributed by atoms with E-state index >= 15 is 0 Å². The highest BCUT2D eigenvalue weighted by Gasteiger charge is 2.20. The van der Waals surface area contributed by atoms with Crippen LogP contribution in [0.5, 0.6) is 17.2 Å². The summed E-state index contributed by atoms with van der Waals surface area (Å²) >= 11 is 6.03. The van der Waals surface area contributed by atoms with Crippen molar-refractivity contribution in [3.8, 4) is 34.1 Å². The SMILES string of the molecule is CCCN(CCC)c1cnn(-c2ccc(Cl)cc2)c(=O)c1Oc1ccc(-c2ccc(O)cc2)cc1. The monoisotopic (exact) mass is 489 g/mol. The normalized spacial score (nSPS) is 10.8. The van der Waals surface area contributed by atoms with Gasteiger partial charge in [0.25, 0.3) is 0 Å². The Balaban J connectivity index is 1.74. The highest BCUT2D eigenvalue weighted by molar-refractivity contribution is 6.30. The minimum Gasteiger partial charge on any atom is -0.508 e. The number of halogens is 1. The first-order valence-corrected chi connectivity index (χ1v) is 12.1. The molecule has 0 saturated heterocycles. The fourth-order valence-electron chi connectivity index (χ4n) is 3.90. The van der Waals surface area contributed by atoms with Gasteiger partial charge in [-0.2, -0.15) is 9.78 Å². The third-order valence-electron chi connectivity index (χ3n) is 5.59. The van der Waals surface area contributed by atoms with Crippen molar-refractivity contribution in [2.75, 3.05) is 18.0 Å². The highest BCUT2D eigenvalue weighted by Crippen LogP contribution is 2.31. The smallest absolute Gasteiger partial charge is 0.316 e. The van der Waals surface area contributed by atoms with Crippen LogP contribution in [0.25, 0.3) is 16.8 Å². The van der Waals surface area contributed by atoms with Gasteiger partial charge in [0.1, 0.15) is 17.2 Å². The predicted octanol–water partition coefficient (Wildman–Crippen LogP) is 6.68. The first-order valence-electron chi connectivity index (χ1n) is 11.7. The molecule has 0 radical (unpaired) electrons. The zero-order valence-corrected chi connectivity index (χ0v) is 20.6. The maximum absolute atomic E-state index is 13.6. The van der Waals surface area contributed by atoms with E-state index in [1.54, 1.807) is 42.6 Å². The molecule has 0 unspecified atom stereocenters. The number of benzene rings is 3. The van der Waals surface area contributed by atoms with Gasteiger partial charge in [-0.25, -0.2) is 0 Å². The lowest BCUT2D eigenvalue weighted by atomic mass is 10.1. The van der Waals surface area contributed by atoms with Crippen molar-refractivity contribution in [2.45, 2.75) is 26.7 Å². The molecular weight excluding hydrogens is 462 g/mol. The van der Waals surface area contributed by atoms with Crippen LogP contribution in [0.15, 0.2) is 83.8 Å². The number of phenols is 1. The summed E-state index contributed by atoms with van der Waals surface area (Å²) in [5, 5.41) is 14.6. The molecule has 0 bridgehead atoms. The Bertz CT molecular complexity index is 1310. The average Bonchev–Trinajstić information content (AvgIpc) is 2.87. The van der Waals surface area contributed by atoms with Crippen molar-refractivity contribution in [3.63, 3.8) is 0 Å². The lowest BCUT2D eigenvalue weighted by Crippen LogP contribution is -2.30. The molecule has 4 rings (SSSR count). The summed E-state index contributed by atoms with van der Waals surface area (Å²) in [4.78, 5) is 15.7. The van der Waals surface area contributed by atoms with Crippen molar-refractivity contribution in [1.29, 1.82) is 0 Å². The molecule has 0 aliphatic heterocycles. The maximum atomic E-state index is 13.6. The van der Waals surface area contributed by atoms with Gasteiger partial charge in [-0.05, 0) is 72.5 Å². The second-order valence-electron chi connectivity index (χ2n) is 8.21. The number of aromatic hydroxyl groups is 1. The first kappa shape index (κ1) is 24.4. The topological polar surface area (TPSA) is 67.6 Å². The van der Waals surface area contributed by atoms with Gasteiger partial charge < -0.3 is 14.7 Å². The molecule has 1 aromatic heterocycles. The lowest BCUT2D eigenvalue weighted by Gasteiger charge is -2.25. The standard InChI is InChI=1S/C28H28ClN3O3/c1-3-17-31(18-4-2)26-19-30-32(23-11-9-22(29)10-12-23)28(34)27(26)35-25-15-7-21(8-16-25)20-5-13-24(33)14-6-20/h5-16,19,33H,3-4,17-18H2,1-2H3. The number of ether oxygens (including phenoxy) is 1. The Labute approximate surface area is 210 Å². The fourth-order valence-corrected chi connectivity index (χ4v) is 4.02. The molecule has 0 spiro atoms. The molecule has 7 heteroatoms. The van der Waals surface area contributed by atoms with Crippen LogP contribution in [-0.2, 0) is 0 Å². The molecule has 0 amide bonds. The molecule has 0 atom stereocenters. The minimum atomic E-state index is -0.343. The van der Waals surface area contributed by atoms with E-state index in [-0.39, 0.29) is 17.1 Å². The Morgan fingerprint density at radius 1 is 0.886 bits per heavy atom. The number of hydrogen-bond acceptors (Lipinski definition) is 5.